The summed E-state index contributed by atoms with van der Waals surface area (Å²) in [7, 11) is 0. The lowest BCUT2D eigenvalue weighted by Gasteiger charge is -2.06. The van der Waals surface area contributed by atoms with Gasteiger partial charge in [0.05, 0.1) is 24.6 Å². The summed E-state index contributed by atoms with van der Waals surface area (Å²) >= 11 is 2.89. The van der Waals surface area contributed by atoms with Crippen molar-refractivity contribution in [2.24, 2.45) is 0 Å². The fourth-order valence-corrected chi connectivity index (χ4v) is 3.18. The van der Waals surface area contributed by atoms with Gasteiger partial charge in [-0.15, -0.1) is 22.7 Å². The maximum Gasteiger partial charge on any atom is 0.347 e. The van der Waals surface area contributed by atoms with Crippen molar-refractivity contribution in [1.82, 2.24) is 9.97 Å². The van der Waals surface area contributed by atoms with Gasteiger partial charge in [-0.2, -0.15) is 0 Å². The average molecular weight is 427 g/mol. The summed E-state index contributed by atoms with van der Waals surface area (Å²) in [5.41, 5.74) is 7.22. The van der Waals surface area contributed by atoms with Gasteiger partial charge in [0.2, 0.25) is 0 Å². The molecule has 0 spiro atoms. The van der Waals surface area contributed by atoms with Crippen LogP contribution in [-0.2, 0) is 31.9 Å². The Hall–Kier alpha value is -2.46. The summed E-state index contributed by atoms with van der Waals surface area (Å²) in [6.45, 7) is 7.77. The van der Waals surface area contributed by atoms with E-state index in [2.05, 4.69) is 22.2 Å². The van der Waals surface area contributed by atoms with Gasteiger partial charge in [0, 0.05) is 17.0 Å². The van der Waals surface area contributed by atoms with E-state index >= 15 is 0 Å². The number of hydrogen-bond donors (Lipinski definition) is 2. The number of esters is 2. The molecule has 0 amide bonds. The zero-order chi connectivity index (χ0) is 20.9. The summed E-state index contributed by atoms with van der Waals surface area (Å²) in [6.07, 6.45) is 3.08. The summed E-state index contributed by atoms with van der Waals surface area (Å²) in [4.78, 5) is 31.7. The van der Waals surface area contributed by atoms with Crippen molar-refractivity contribution in [1.29, 1.82) is 0 Å². The van der Waals surface area contributed by atoms with Crippen molar-refractivity contribution in [2.75, 3.05) is 24.3 Å². The van der Waals surface area contributed by atoms with Gasteiger partial charge >= 0.3 is 11.9 Å². The second-order valence-corrected chi connectivity index (χ2v) is 6.92. The molecule has 0 bridgehead atoms. The molecule has 0 aliphatic heterocycles. The first kappa shape index (κ1) is 23.6. The number of carbonyl (C=O) groups excluding carboxylic acids is 2. The lowest BCUT2D eigenvalue weighted by atomic mass is 10.3. The van der Waals surface area contributed by atoms with E-state index in [1.165, 1.54) is 28.9 Å². The van der Waals surface area contributed by atoms with Gasteiger partial charge in [0.15, 0.2) is 15.8 Å². The van der Waals surface area contributed by atoms with Gasteiger partial charge in [-0.1, -0.05) is 13.8 Å². The van der Waals surface area contributed by atoms with E-state index in [4.69, 9.17) is 15.2 Å². The molecular weight excluding hydrogens is 400 g/mol. The molecule has 2 heterocycles. The van der Waals surface area contributed by atoms with Crippen LogP contribution in [0.15, 0.2) is 22.5 Å². The molecule has 0 aliphatic carbocycles. The van der Waals surface area contributed by atoms with Crippen molar-refractivity contribution in [3.8, 4) is 0 Å². The molecule has 0 aliphatic rings. The molecule has 0 saturated carbocycles. The highest BCUT2D eigenvalue weighted by molar-refractivity contribution is 7.13. The number of nitrogens with two attached hydrogens (primary N) is 1. The Bertz CT molecular complexity index is 766. The predicted molar refractivity (Wildman–Crippen MR) is 112 cm³/mol. The van der Waals surface area contributed by atoms with Crippen molar-refractivity contribution in [2.45, 2.75) is 40.5 Å². The monoisotopic (exact) mass is 426 g/mol. The van der Waals surface area contributed by atoms with Crippen LogP contribution in [0.2, 0.25) is 0 Å². The molecule has 2 rings (SSSR count). The number of aromatic nitrogens is 2. The maximum atomic E-state index is 11.7. The molecule has 154 valence electrons. The Balaban J connectivity index is 0.000000406. The summed E-state index contributed by atoms with van der Waals surface area (Å²) in [5.74, 6) is -1.43. The number of carbonyl (C=O) groups is 2. The van der Waals surface area contributed by atoms with Crippen LogP contribution < -0.4 is 11.1 Å². The Labute approximate surface area is 172 Å². The van der Waals surface area contributed by atoms with Crippen molar-refractivity contribution in [3.05, 3.63) is 33.9 Å². The molecule has 2 aromatic rings. The third-order valence-corrected chi connectivity index (χ3v) is 4.72. The first-order valence-electron chi connectivity index (χ1n) is 8.90. The lowest BCUT2D eigenvalue weighted by Crippen LogP contribution is -2.19. The number of nitrogens with one attached hydrogen (secondary N) is 1. The van der Waals surface area contributed by atoms with Crippen LogP contribution in [0.25, 0.3) is 0 Å². The highest BCUT2D eigenvalue weighted by Crippen LogP contribution is 2.16. The minimum Gasteiger partial charge on any atom is -0.462 e. The van der Waals surface area contributed by atoms with Gasteiger partial charge in [0.1, 0.15) is 0 Å². The number of rotatable bonds is 8. The molecule has 10 heteroatoms. The highest BCUT2D eigenvalue weighted by atomic mass is 32.1. The van der Waals surface area contributed by atoms with E-state index in [0.717, 1.165) is 24.2 Å². The zero-order valence-electron chi connectivity index (χ0n) is 16.5. The molecule has 3 N–H and O–H groups in total. The van der Waals surface area contributed by atoms with Crippen LogP contribution in [-0.4, -0.2) is 35.1 Å². The number of thiazole rings is 2. The summed E-state index contributed by atoms with van der Waals surface area (Å²) in [6, 6.07) is 0. The number of anilines is 2. The van der Waals surface area contributed by atoms with Gasteiger partial charge in [-0.05, 0) is 26.7 Å². The minimum absolute atomic E-state index is 0.179. The Morgan fingerprint density at radius 2 is 1.54 bits per heavy atom. The fraction of sp³-hybridized carbons (Fsp3) is 0.444. The van der Waals surface area contributed by atoms with E-state index in [-0.39, 0.29) is 18.8 Å². The molecule has 0 aromatic carbocycles. The molecule has 0 fully saturated rings. The molecule has 2 aromatic heterocycles. The molecule has 8 nitrogen and oxygen atoms in total. The van der Waals surface area contributed by atoms with Crippen molar-refractivity contribution < 1.29 is 19.1 Å². The molecule has 28 heavy (non-hydrogen) atoms. The van der Waals surface area contributed by atoms with Crippen LogP contribution in [0.4, 0.5) is 10.3 Å². The predicted octanol–water partition coefficient (Wildman–Crippen LogP) is 3.42. The van der Waals surface area contributed by atoms with Gasteiger partial charge in [-0.25, -0.2) is 19.6 Å². The number of nitrogens with zero attached hydrogens (tertiary/aromatic N) is 2. The fourth-order valence-electron chi connectivity index (χ4n) is 1.77. The van der Waals surface area contributed by atoms with E-state index in [9.17, 15) is 9.59 Å². The van der Waals surface area contributed by atoms with Gasteiger partial charge in [0.25, 0.3) is 0 Å². The van der Waals surface area contributed by atoms with E-state index < -0.39 is 11.9 Å². The first-order valence-corrected chi connectivity index (χ1v) is 10.7. The van der Waals surface area contributed by atoms with Crippen LogP contribution >= 0.6 is 22.7 Å². The quantitative estimate of drug-likeness (QED) is 0.285. The smallest absolute Gasteiger partial charge is 0.347 e. The normalized spacial score (nSPS) is 9.71. The Morgan fingerprint density at radius 3 is 1.93 bits per heavy atom. The standard InChI is InChI=1S/C13H18N2O4S.C5H8N2S/c1-4-9-8-20-13(15-9)14-7-10(11(16)18-5-2)12(17)19-6-3;1-2-4-3-8-5(6)7-4/h7-8H,4-6H2,1-3H3,(H,14,15);3H,2H2,1H3,(H2,6,7). The van der Waals surface area contributed by atoms with Crippen molar-refractivity contribution >= 4 is 44.9 Å². The summed E-state index contributed by atoms with van der Waals surface area (Å²) in [5, 5.41) is 7.98. The van der Waals surface area contributed by atoms with Crippen LogP contribution in [0.3, 0.4) is 0 Å². The van der Waals surface area contributed by atoms with E-state index in [1.54, 1.807) is 13.8 Å². The van der Waals surface area contributed by atoms with Crippen LogP contribution in [0.1, 0.15) is 39.1 Å². The second kappa shape index (κ2) is 12.8. The van der Waals surface area contributed by atoms with E-state index in [1.807, 2.05) is 17.7 Å². The van der Waals surface area contributed by atoms with E-state index in [0.29, 0.717) is 10.3 Å². The lowest BCUT2D eigenvalue weighted by molar-refractivity contribution is -0.146. The third-order valence-electron chi connectivity index (χ3n) is 3.18. The SMILES string of the molecule is CCOC(=O)C(=CNc1nc(CC)cs1)C(=O)OCC.CCc1csc(N)n1. The number of nitrogen functional groups attached to an aromatic ring is 1. The molecule has 0 unspecified atom stereocenters. The first-order chi connectivity index (χ1) is 13.4. The topological polar surface area (TPSA) is 116 Å². The van der Waals surface area contributed by atoms with Gasteiger partial charge in [-0.3, -0.25) is 0 Å². The minimum atomic E-state index is -0.717. The third kappa shape index (κ3) is 8.05. The van der Waals surface area contributed by atoms with Crippen LogP contribution in [0, 0.1) is 0 Å². The molecule has 0 atom stereocenters. The Morgan fingerprint density at radius 1 is 1.00 bits per heavy atom. The van der Waals surface area contributed by atoms with Crippen LogP contribution in [0.5, 0.6) is 0 Å². The number of ether oxygens (including phenoxy) is 2. The Kier molecular flexibility index (Phi) is 10.8. The van der Waals surface area contributed by atoms with Crippen molar-refractivity contribution in [3.63, 3.8) is 0 Å². The highest BCUT2D eigenvalue weighted by Gasteiger charge is 2.21. The second-order valence-electron chi connectivity index (χ2n) is 5.17. The molecule has 0 radical (unpaired) electrons. The average Bonchev–Trinajstić information content (AvgIpc) is 3.31. The van der Waals surface area contributed by atoms with Gasteiger partial charge < -0.3 is 20.5 Å². The molecular formula is C18H26N4O4S2. The summed E-state index contributed by atoms with van der Waals surface area (Å²) < 4.78 is 9.64. The molecule has 0 saturated heterocycles. The maximum absolute atomic E-state index is 11.7. The number of hydrogen-bond acceptors (Lipinski definition) is 10. The largest absolute Gasteiger partial charge is 0.462 e. The number of aryl methyl sites for hydroxylation is 2. The zero-order valence-corrected chi connectivity index (χ0v) is 18.1.